The predicted molar refractivity (Wildman–Crippen MR) is 73.4 cm³/mol. The molecule has 1 aromatic carbocycles. The van der Waals surface area contributed by atoms with Gasteiger partial charge in [0.25, 0.3) is 0 Å². The normalized spacial score (nSPS) is 9.76. The summed E-state index contributed by atoms with van der Waals surface area (Å²) in [6, 6.07) is 9.31. The molecule has 0 radical (unpaired) electrons. The second-order valence-electron chi connectivity index (χ2n) is 3.48. The summed E-state index contributed by atoms with van der Waals surface area (Å²) in [6.45, 7) is 2.17. The molecular weight excluding hydrogens is 236 g/mol. The molecule has 1 N–H and O–H groups in total. The molecular formula is C14H19ClO2. The van der Waals surface area contributed by atoms with E-state index in [1.807, 2.05) is 30.3 Å². The molecule has 0 amide bonds. The minimum Gasteiger partial charge on any atom is -0.478 e. The van der Waals surface area contributed by atoms with Crippen molar-refractivity contribution in [3.8, 4) is 0 Å². The first-order valence-electron chi connectivity index (χ1n) is 5.72. The minimum absolute atomic E-state index is 0.827. The molecule has 3 heteroatoms. The van der Waals surface area contributed by atoms with Crippen LogP contribution in [-0.2, 0) is 4.79 Å². The summed E-state index contributed by atoms with van der Waals surface area (Å²) in [4.78, 5) is 10.1. The number of alkyl halides is 1. The third-order valence-corrected chi connectivity index (χ3v) is 2.22. The lowest BCUT2D eigenvalue weighted by molar-refractivity contribution is -0.131. The van der Waals surface area contributed by atoms with Crippen molar-refractivity contribution in [2.75, 3.05) is 5.88 Å². The van der Waals surface area contributed by atoms with Gasteiger partial charge in [0.2, 0.25) is 0 Å². The lowest BCUT2D eigenvalue weighted by Gasteiger charge is -1.87. The van der Waals surface area contributed by atoms with Gasteiger partial charge in [0.1, 0.15) is 0 Å². The summed E-state index contributed by atoms with van der Waals surface area (Å²) in [5, 5.41) is 8.29. The van der Waals surface area contributed by atoms with Crippen LogP contribution in [0.15, 0.2) is 36.4 Å². The number of carboxylic acids is 1. The molecule has 0 bridgehead atoms. The third kappa shape index (κ3) is 11.0. The Balaban J connectivity index is 0.000000366. The van der Waals surface area contributed by atoms with Crippen molar-refractivity contribution in [3.63, 3.8) is 0 Å². The Kier molecular flexibility index (Phi) is 10.4. The van der Waals surface area contributed by atoms with Gasteiger partial charge in [-0.1, -0.05) is 50.1 Å². The van der Waals surface area contributed by atoms with Gasteiger partial charge in [0.15, 0.2) is 0 Å². The number of halogens is 1. The lowest BCUT2D eigenvalue weighted by Crippen LogP contribution is -1.85. The molecule has 94 valence electrons. The number of carboxylic acid groups (broad SMARTS) is 1. The molecule has 0 saturated carbocycles. The highest BCUT2D eigenvalue weighted by Crippen LogP contribution is 1.99. The van der Waals surface area contributed by atoms with Crippen LogP contribution >= 0.6 is 11.6 Å². The van der Waals surface area contributed by atoms with Crippen LogP contribution in [0.3, 0.4) is 0 Å². The largest absolute Gasteiger partial charge is 0.478 e. The highest BCUT2D eigenvalue weighted by Gasteiger charge is 1.85. The van der Waals surface area contributed by atoms with Gasteiger partial charge in [-0.15, -0.1) is 11.6 Å². The molecule has 0 heterocycles. The van der Waals surface area contributed by atoms with Crippen LogP contribution in [0.5, 0.6) is 0 Å². The Hall–Kier alpha value is -1.28. The predicted octanol–water partition coefficient (Wildman–Crippen LogP) is 4.20. The van der Waals surface area contributed by atoms with Crippen molar-refractivity contribution in [1.82, 2.24) is 0 Å². The number of hydrogen-bond donors (Lipinski definition) is 1. The number of rotatable bonds is 5. The van der Waals surface area contributed by atoms with Crippen molar-refractivity contribution < 1.29 is 9.90 Å². The van der Waals surface area contributed by atoms with Gasteiger partial charge >= 0.3 is 5.97 Å². The summed E-state index contributed by atoms with van der Waals surface area (Å²) in [5.74, 6) is -0.0951. The van der Waals surface area contributed by atoms with Crippen molar-refractivity contribution in [2.45, 2.75) is 26.2 Å². The van der Waals surface area contributed by atoms with E-state index < -0.39 is 5.97 Å². The monoisotopic (exact) mass is 254 g/mol. The maximum atomic E-state index is 10.1. The summed E-state index contributed by atoms with van der Waals surface area (Å²) < 4.78 is 0. The molecule has 1 aromatic rings. The van der Waals surface area contributed by atoms with E-state index in [1.54, 1.807) is 6.08 Å². The molecule has 0 saturated heterocycles. The first kappa shape index (κ1) is 15.7. The zero-order valence-corrected chi connectivity index (χ0v) is 10.9. The second-order valence-corrected chi connectivity index (χ2v) is 3.86. The van der Waals surface area contributed by atoms with E-state index in [4.69, 9.17) is 16.7 Å². The number of carbonyl (C=O) groups is 1. The smallest absolute Gasteiger partial charge is 0.328 e. The number of benzene rings is 1. The van der Waals surface area contributed by atoms with Crippen LogP contribution in [0, 0.1) is 0 Å². The summed E-state index contributed by atoms with van der Waals surface area (Å²) in [6.07, 6.45) is 6.41. The van der Waals surface area contributed by atoms with Crippen LogP contribution in [0.2, 0.25) is 0 Å². The number of unbranched alkanes of at least 4 members (excludes halogenated alkanes) is 2. The Labute approximate surface area is 108 Å². The maximum Gasteiger partial charge on any atom is 0.328 e. The zero-order valence-electron chi connectivity index (χ0n) is 10.1. The second kappa shape index (κ2) is 11.2. The lowest BCUT2D eigenvalue weighted by atomic mass is 10.2. The first-order valence-corrected chi connectivity index (χ1v) is 6.26. The fourth-order valence-corrected chi connectivity index (χ4v) is 1.27. The molecule has 0 spiro atoms. The molecule has 0 aliphatic heterocycles. The van der Waals surface area contributed by atoms with Gasteiger partial charge in [-0.25, -0.2) is 4.79 Å². The molecule has 0 aliphatic carbocycles. The Bertz CT molecular complexity index is 316. The van der Waals surface area contributed by atoms with E-state index in [0.717, 1.165) is 17.5 Å². The number of aliphatic carboxylic acids is 1. The average molecular weight is 255 g/mol. The van der Waals surface area contributed by atoms with Crippen molar-refractivity contribution in [2.24, 2.45) is 0 Å². The molecule has 0 fully saturated rings. The van der Waals surface area contributed by atoms with Crippen molar-refractivity contribution in [3.05, 3.63) is 42.0 Å². The quantitative estimate of drug-likeness (QED) is 0.486. The third-order valence-electron chi connectivity index (χ3n) is 1.96. The fourth-order valence-electron chi connectivity index (χ4n) is 1.08. The number of hydrogen-bond acceptors (Lipinski definition) is 1. The molecule has 17 heavy (non-hydrogen) atoms. The zero-order chi connectivity index (χ0) is 12.9. The Morgan fingerprint density at radius 1 is 1.29 bits per heavy atom. The molecule has 0 atom stereocenters. The Morgan fingerprint density at radius 2 is 1.94 bits per heavy atom. The van der Waals surface area contributed by atoms with Crippen LogP contribution in [0.25, 0.3) is 6.08 Å². The van der Waals surface area contributed by atoms with Gasteiger partial charge in [0.05, 0.1) is 0 Å². The SMILES string of the molecule is CCCCCCl.O=C(O)/C=C/c1ccccc1. The standard InChI is InChI=1S/C9H8O2.C5H11Cl/c10-9(11)7-6-8-4-2-1-3-5-8;1-2-3-4-5-6/h1-7H,(H,10,11);2-5H2,1H3/b7-6+;. The van der Waals surface area contributed by atoms with Crippen molar-refractivity contribution in [1.29, 1.82) is 0 Å². The highest BCUT2D eigenvalue weighted by molar-refractivity contribution is 6.17. The van der Waals surface area contributed by atoms with E-state index in [0.29, 0.717) is 0 Å². The average Bonchev–Trinajstić information content (AvgIpc) is 2.36. The van der Waals surface area contributed by atoms with E-state index in [2.05, 4.69) is 6.92 Å². The Morgan fingerprint density at radius 3 is 2.35 bits per heavy atom. The van der Waals surface area contributed by atoms with E-state index >= 15 is 0 Å². The molecule has 0 unspecified atom stereocenters. The van der Waals surface area contributed by atoms with Crippen LogP contribution in [-0.4, -0.2) is 17.0 Å². The van der Waals surface area contributed by atoms with Crippen molar-refractivity contribution >= 4 is 23.6 Å². The topological polar surface area (TPSA) is 37.3 Å². The minimum atomic E-state index is -0.922. The van der Waals surface area contributed by atoms with Gasteiger partial charge in [-0.3, -0.25) is 0 Å². The maximum absolute atomic E-state index is 10.1. The van der Waals surface area contributed by atoms with Gasteiger partial charge < -0.3 is 5.11 Å². The summed E-state index contributed by atoms with van der Waals surface area (Å²) in [5.41, 5.74) is 0.898. The molecule has 0 aromatic heterocycles. The van der Waals surface area contributed by atoms with E-state index in [-0.39, 0.29) is 0 Å². The molecule has 1 rings (SSSR count). The molecule has 0 aliphatic rings. The summed E-state index contributed by atoms with van der Waals surface area (Å²) in [7, 11) is 0. The van der Waals surface area contributed by atoms with Gasteiger partial charge in [0, 0.05) is 12.0 Å². The van der Waals surface area contributed by atoms with Crippen LogP contribution < -0.4 is 0 Å². The first-order chi connectivity index (χ1) is 8.20. The van der Waals surface area contributed by atoms with Crippen LogP contribution in [0.4, 0.5) is 0 Å². The van der Waals surface area contributed by atoms with Gasteiger partial charge in [-0.05, 0) is 18.1 Å². The van der Waals surface area contributed by atoms with Gasteiger partial charge in [-0.2, -0.15) is 0 Å². The van der Waals surface area contributed by atoms with E-state index in [1.165, 1.54) is 19.3 Å². The fraction of sp³-hybridized carbons (Fsp3) is 0.357. The highest BCUT2D eigenvalue weighted by atomic mass is 35.5. The van der Waals surface area contributed by atoms with Crippen LogP contribution in [0.1, 0.15) is 31.7 Å². The molecule has 2 nitrogen and oxygen atoms in total. The summed E-state index contributed by atoms with van der Waals surface area (Å²) >= 11 is 5.38. The van der Waals surface area contributed by atoms with E-state index in [9.17, 15) is 4.79 Å².